The van der Waals surface area contributed by atoms with Crippen molar-refractivity contribution in [3.63, 3.8) is 0 Å². The molecule has 2 heterocycles. The van der Waals surface area contributed by atoms with E-state index in [1.807, 2.05) is 24.3 Å². The van der Waals surface area contributed by atoms with E-state index < -0.39 is 0 Å². The maximum Gasteiger partial charge on any atom is 0.136 e. The Hall–Kier alpha value is -5.54. The number of para-hydroxylation sites is 3. The lowest BCUT2D eigenvalue weighted by Crippen LogP contribution is -2.36. The lowest BCUT2D eigenvalue weighted by molar-refractivity contribution is 0.569. The average molecular weight is 554 g/mol. The zero-order chi connectivity index (χ0) is 28.3. The summed E-state index contributed by atoms with van der Waals surface area (Å²) in [6.45, 7) is 0. The topological polar surface area (TPSA) is 29.5 Å². The minimum atomic E-state index is 0.157. The van der Waals surface area contributed by atoms with Crippen molar-refractivity contribution in [1.29, 1.82) is 0 Å². The van der Waals surface area contributed by atoms with E-state index in [1.54, 1.807) is 0 Å². The van der Waals surface area contributed by atoms with Crippen LogP contribution < -0.4 is 15.5 Å². The van der Waals surface area contributed by atoms with Crippen LogP contribution in [0.15, 0.2) is 142 Å². The van der Waals surface area contributed by atoms with Gasteiger partial charge < -0.3 is 13.7 Å². The number of anilines is 2. The summed E-state index contributed by atoms with van der Waals surface area (Å²) in [7, 11) is 0. The molecule has 0 bridgehead atoms. The fourth-order valence-corrected chi connectivity index (χ4v) is 6.73. The van der Waals surface area contributed by atoms with Crippen LogP contribution in [-0.2, 0) is 0 Å². The molecule has 0 spiro atoms. The summed E-state index contributed by atoms with van der Waals surface area (Å²) in [6.07, 6.45) is 5.47. The third-order valence-electron chi connectivity index (χ3n) is 8.77. The zero-order valence-corrected chi connectivity index (χ0v) is 23.4. The summed E-state index contributed by atoms with van der Waals surface area (Å²) in [6, 6.07) is 47.4. The van der Waals surface area contributed by atoms with Crippen LogP contribution in [0.25, 0.3) is 67.0 Å². The Labute approximate surface area is 248 Å². The Kier molecular flexibility index (Phi) is 5.32. The largest absolute Gasteiger partial charge is 0.456 e. The second-order valence-corrected chi connectivity index (χ2v) is 11.3. The summed E-state index contributed by atoms with van der Waals surface area (Å²) in [5.41, 5.74) is 8.46. The van der Waals surface area contributed by atoms with Crippen molar-refractivity contribution >= 4 is 67.2 Å². The van der Waals surface area contributed by atoms with Crippen molar-refractivity contribution in [3.05, 3.63) is 144 Å². The van der Waals surface area contributed by atoms with Crippen LogP contribution in [-0.4, -0.2) is 6.04 Å². The molecule has 3 nitrogen and oxygen atoms in total. The number of furan rings is 2. The average Bonchev–Trinajstić information content (AvgIpc) is 3.64. The minimum Gasteiger partial charge on any atom is -0.456 e. The molecular weight excluding hydrogens is 526 g/mol. The van der Waals surface area contributed by atoms with E-state index in [1.165, 1.54) is 38.2 Å². The van der Waals surface area contributed by atoms with Crippen LogP contribution >= 0.6 is 0 Å². The van der Waals surface area contributed by atoms with Gasteiger partial charge in [0.2, 0.25) is 0 Å². The summed E-state index contributed by atoms with van der Waals surface area (Å²) in [4.78, 5) is 2.44. The van der Waals surface area contributed by atoms with Crippen LogP contribution in [0.3, 0.4) is 0 Å². The van der Waals surface area contributed by atoms with Crippen LogP contribution in [0.2, 0.25) is 0 Å². The van der Waals surface area contributed by atoms with E-state index in [2.05, 4.69) is 126 Å². The number of hydrogen-bond acceptors (Lipinski definition) is 3. The molecule has 6 aromatic carbocycles. The molecule has 0 N–H and O–H groups in total. The second-order valence-electron chi connectivity index (χ2n) is 11.3. The Morgan fingerprint density at radius 2 is 1.21 bits per heavy atom. The summed E-state index contributed by atoms with van der Waals surface area (Å²) in [5.74, 6) is 0. The van der Waals surface area contributed by atoms with E-state index in [-0.39, 0.29) is 6.04 Å². The van der Waals surface area contributed by atoms with Crippen molar-refractivity contribution in [2.75, 3.05) is 4.90 Å². The summed E-state index contributed by atoms with van der Waals surface area (Å²) < 4.78 is 12.3. The highest BCUT2D eigenvalue weighted by atomic mass is 16.3. The van der Waals surface area contributed by atoms with E-state index in [0.29, 0.717) is 0 Å². The van der Waals surface area contributed by atoms with Gasteiger partial charge in [-0.3, -0.25) is 0 Å². The molecule has 1 aliphatic carbocycles. The first-order valence-corrected chi connectivity index (χ1v) is 14.8. The summed E-state index contributed by atoms with van der Waals surface area (Å²) >= 11 is 0. The fourth-order valence-electron chi connectivity index (χ4n) is 6.73. The Morgan fingerprint density at radius 1 is 0.535 bits per heavy atom. The highest BCUT2D eigenvalue weighted by Crippen LogP contribution is 2.37. The number of rotatable bonds is 4. The van der Waals surface area contributed by atoms with Gasteiger partial charge in [0, 0.05) is 32.8 Å². The zero-order valence-electron chi connectivity index (χ0n) is 23.4. The van der Waals surface area contributed by atoms with Crippen molar-refractivity contribution < 1.29 is 8.83 Å². The number of benzene rings is 6. The van der Waals surface area contributed by atoms with Crippen LogP contribution in [0.5, 0.6) is 0 Å². The molecule has 8 aromatic rings. The SMILES string of the molecule is C1=c2oc3ccccc3c2=CC(N(c2ccccc2)c2ccc(-c3ccc4ccc5oc6ccccc6c5c4c3)cc2)C1. The fraction of sp³-hybridized carbons (Fsp3) is 0.0500. The van der Waals surface area contributed by atoms with E-state index >= 15 is 0 Å². The lowest BCUT2D eigenvalue weighted by Gasteiger charge is -2.32. The number of hydrogen-bond donors (Lipinski definition) is 0. The van der Waals surface area contributed by atoms with Crippen molar-refractivity contribution in [1.82, 2.24) is 0 Å². The molecule has 1 atom stereocenters. The number of nitrogens with zero attached hydrogens (tertiary/aromatic N) is 1. The first-order chi connectivity index (χ1) is 21.3. The van der Waals surface area contributed by atoms with Crippen LogP contribution in [0.1, 0.15) is 6.42 Å². The first kappa shape index (κ1) is 24.1. The van der Waals surface area contributed by atoms with Gasteiger partial charge in [-0.15, -0.1) is 0 Å². The predicted octanol–water partition coefficient (Wildman–Crippen LogP) is 9.32. The van der Waals surface area contributed by atoms with Gasteiger partial charge in [0.25, 0.3) is 0 Å². The van der Waals surface area contributed by atoms with Gasteiger partial charge in [0.1, 0.15) is 22.2 Å². The normalized spacial score (nSPS) is 14.6. The van der Waals surface area contributed by atoms with Gasteiger partial charge in [-0.1, -0.05) is 84.9 Å². The molecule has 2 aromatic heterocycles. The molecule has 3 heteroatoms. The van der Waals surface area contributed by atoms with Crippen molar-refractivity contribution in [2.45, 2.75) is 12.5 Å². The van der Waals surface area contributed by atoms with Crippen molar-refractivity contribution in [2.24, 2.45) is 0 Å². The first-order valence-electron chi connectivity index (χ1n) is 14.8. The molecule has 0 radical (unpaired) electrons. The highest BCUT2D eigenvalue weighted by Gasteiger charge is 2.22. The molecule has 0 fully saturated rings. The van der Waals surface area contributed by atoms with E-state index in [0.717, 1.165) is 45.0 Å². The molecule has 0 saturated heterocycles. The highest BCUT2D eigenvalue weighted by molar-refractivity contribution is 6.19. The van der Waals surface area contributed by atoms with Gasteiger partial charge in [-0.25, -0.2) is 0 Å². The third kappa shape index (κ3) is 3.89. The van der Waals surface area contributed by atoms with Gasteiger partial charge in [-0.05, 0) is 89.0 Å². The Balaban J connectivity index is 1.14. The molecule has 0 aliphatic heterocycles. The molecule has 0 amide bonds. The standard InChI is InChI=1S/C40H27NO2/c1-2-8-29(9-3-1)41(31-21-23-38-35(25-31)32-10-4-6-12-36(32)42-38)30-19-16-26(17-20-30)28-15-14-27-18-22-39-40(34(27)24-28)33-11-5-7-13-37(33)43-39/h1-20,22-25,31H,21H2. The van der Waals surface area contributed by atoms with E-state index in [4.69, 9.17) is 8.83 Å². The maximum absolute atomic E-state index is 6.17. The molecule has 9 rings (SSSR count). The smallest absolute Gasteiger partial charge is 0.136 e. The van der Waals surface area contributed by atoms with Gasteiger partial charge in [-0.2, -0.15) is 0 Å². The third-order valence-corrected chi connectivity index (χ3v) is 8.77. The predicted molar refractivity (Wildman–Crippen MR) is 178 cm³/mol. The Morgan fingerprint density at radius 3 is 2.05 bits per heavy atom. The second kappa shape index (κ2) is 9.50. The molecule has 204 valence electrons. The lowest BCUT2D eigenvalue weighted by atomic mass is 9.97. The minimum absolute atomic E-state index is 0.157. The van der Waals surface area contributed by atoms with Gasteiger partial charge >= 0.3 is 0 Å². The molecule has 0 saturated carbocycles. The van der Waals surface area contributed by atoms with Crippen LogP contribution in [0.4, 0.5) is 11.4 Å². The molecule has 43 heavy (non-hydrogen) atoms. The molecular formula is C40H27NO2. The van der Waals surface area contributed by atoms with Crippen LogP contribution in [0, 0.1) is 0 Å². The number of fused-ring (bicyclic) bond motifs is 8. The quantitative estimate of drug-likeness (QED) is 0.217. The van der Waals surface area contributed by atoms with Gasteiger partial charge in [0.05, 0.1) is 6.04 Å². The molecule has 1 aliphatic rings. The Bertz CT molecular complexity index is 2430. The maximum atomic E-state index is 6.17. The monoisotopic (exact) mass is 553 g/mol. The van der Waals surface area contributed by atoms with Gasteiger partial charge in [0.15, 0.2) is 0 Å². The van der Waals surface area contributed by atoms with Crippen molar-refractivity contribution in [3.8, 4) is 11.1 Å². The van der Waals surface area contributed by atoms with E-state index in [9.17, 15) is 0 Å². The molecule has 1 unspecified atom stereocenters. The summed E-state index contributed by atoms with van der Waals surface area (Å²) in [5, 5.41) is 7.10.